The molecule has 1 aromatic rings. The molecule has 0 radical (unpaired) electrons. The minimum Gasteiger partial charge on any atom is -0.492 e. The molecule has 106 valence electrons. The van der Waals surface area contributed by atoms with Gasteiger partial charge >= 0.3 is 0 Å². The van der Waals surface area contributed by atoms with Crippen LogP contribution in [0.2, 0.25) is 0 Å². The van der Waals surface area contributed by atoms with Crippen LogP contribution in [0, 0.1) is 5.92 Å². The lowest BCUT2D eigenvalue weighted by Gasteiger charge is -2.21. The Kier molecular flexibility index (Phi) is 5.20. The average Bonchev–Trinajstić information content (AvgIpc) is 2.79. The Bertz CT molecular complexity index is 394. The van der Waals surface area contributed by atoms with E-state index in [2.05, 4.69) is 37.1 Å². The SMILES string of the molecule is CCCOc1cncc(C2CCC(NCC)C2C)c1. The van der Waals surface area contributed by atoms with Crippen LogP contribution >= 0.6 is 0 Å². The van der Waals surface area contributed by atoms with E-state index in [0.717, 1.165) is 25.3 Å². The van der Waals surface area contributed by atoms with Crippen molar-refractivity contribution in [3.05, 3.63) is 24.0 Å². The monoisotopic (exact) mass is 262 g/mol. The standard InChI is InChI=1S/C16H26N2O/c1-4-8-19-14-9-13(10-17-11-14)15-6-7-16(12(15)3)18-5-2/h9-12,15-16,18H,4-8H2,1-3H3. The summed E-state index contributed by atoms with van der Waals surface area (Å²) in [6, 6.07) is 2.83. The summed E-state index contributed by atoms with van der Waals surface area (Å²) in [6.07, 6.45) is 7.37. The summed E-state index contributed by atoms with van der Waals surface area (Å²) in [7, 11) is 0. The molecule has 1 aliphatic rings. The van der Waals surface area contributed by atoms with Crippen molar-refractivity contribution in [2.45, 2.75) is 52.0 Å². The number of aromatic nitrogens is 1. The zero-order valence-corrected chi connectivity index (χ0v) is 12.4. The molecule has 1 N–H and O–H groups in total. The largest absolute Gasteiger partial charge is 0.492 e. The molecule has 1 fully saturated rings. The van der Waals surface area contributed by atoms with E-state index in [1.165, 1.54) is 18.4 Å². The van der Waals surface area contributed by atoms with Gasteiger partial charge in [-0.2, -0.15) is 0 Å². The Morgan fingerprint density at radius 1 is 1.32 bits per heavy atom. The fraction of sp³-hybridized carbons (Fsp3) is 0.688. The minimum atomic E-state index is 0.613. The maximum Gasteiger partial charge on any atom is 0.137 e. The molecule has 0 amide bonds. The van der Waals surface area contributed by atoms with E-state index in [1.807, 2.05) is 12.4 Å². The molecule has 0 saturated heterocycles. The van der Waals surface area contributed by atoms with E-state index in [4.69, 9.17) is 4.74 Å². The topological polar surface area (TPSA) is 34.1 Å². The van der Waals surface area contributed by atoms with Crippen molar-refractivity contribution >= 4 is 0 Å². The lowest BCUT2D eigenvalue weighted by atomic mass is 9.90. The van der Waals surface area contributed by atoms with Crippen molar-refractivity contribution in [1.82, 2.24) is 10.3 Å². The van der Waals surface area contributed by atoms with E-state index in [-0.39, 0.29) is 0 Å². The number of ether oxygens (including phenoxy) is 1. The number of nitrogens with one attached hydrogen (secondary N) is 1. The van der Waals surface area contributed by atoms with E-state index in [1.54, 1.807) is 0 Å². The molecule has 19 heavy (non-hydrogen) atoms. The Morgan fingerprint density at radius 2 is 2.16 bits per heavy atom. The maximum atomic E-state index is 5.69. The quantitative estimate of drug-likeness (QED) is 0.853. The predicted octanol–water partition coefficient (Wildman–Crippen LogP) is 3.36. The summed E-state index contributed by atoms with van der Waals surface area (Å²) in [5, 5.41) is 3.59. The molecular formula is C16H26N2O. The molecule has 0 bridgehead atoms. The Balaban J connectivity index is 2.05. The highest BCUT2D eigenvalue weighted by atomic mass is 16.5. The molecule has 1 aliphatic carbocycles. The van der Waals surface area contributed by atoms with Gasteiger partial charge in [-0.15, -0.1) is 0 Å². The Hall–Kier alpha value is -1.09. The van der Waals surface area contributed by atoms with Gasteiger partial charge in [0.15, 0.2) is 0 Å². The predicted molar refractivity (Wildman–Crippen MR) is 78.6 cm³/mol. The summed E-state index contributed by atoms with van der Waals surface area (Å²) in [4.78, 5) is 4.34. The smallest absolute Gasteiger partial charge is 0.137 e. The van der Waals surface area contributed by atoms with Crippen LogP contribution < -0.4 is 10.1 Å². The van der Waals surface area contributed by atoms with Crippen molar-refractivity contribution < 1.29 is 4.74 Å². The molecule has 2 rings (SSSR count). The van der Waals surface area contributed by atoms with Crippen LogP contribution in [0.25, 0.3) is 0 Å². The maximum absolute atomic E-state index is 5.69. The lowest BCUT2D eigenvalue weighted by molar-refractivity contribution is 0.315. The molecule has 0 aromatic carbocycles. The third kappa shape index (κ3) is 3.47. The van der Waals surface area contributed by atoms with Crippen LogP contribution in [-0.4, -0.2) is 24.2 Å². The molecule has 0 aliphatic heterocycles. The molecule has 3 unspecified atom stereocenters. The second kappa shape index (κ2) is 6.90. The van der Waals surface area contributed by atoms with Crippen LogP contribution in [0.4, 0.5) is 0 Å². The first-order valence-corrected chi connectivity index (χ1v) is 7.57. The second-order valence-electron chi connectivity index (χ2n) is 5.51. The highest BCUT2D eigenvalue weighted by molar-refractivity contribution is 5.28. The normalized spacial score (nSPS) is 26.6. The first kappa shape index (κ1) is 14.3. The summed E-state index contributed by atoms with van der Waals surface area (Å²) >= 11 is 0. The zero-order chi connectivity index (χ0) is 13.7. The third-order valence-electron chi connectivity index (χ3n) is 4.16. The summed E-state index contributed by atoms with van der Waals surface area (Å²) < 4.78 is 5.69. The van der Waals surface area contributed by atoms with Crippen molar-refractivity contribution in [3.8, 4) is 5.75 Å². The molecular weight excluding hydrogens is 236 g/mol. The van der Waals surface area contributed by atoms with Crippen molar-refractivity contribution in [2.75, 3.05) is 13.2 Å². The Morgan fingerprint density at radius 3 is 2.89 bits per heavy atom. The van der Waals surface area contributed by atoms with Gasteiger partial charge in [0, 0.05) is 12.2 Å². The van der Waals surface area contributed by atoms with Gasteiger partial charge in [-0.05, 0) is 49.3 Å². The lowest BCUT2D eigenvalue weighted by Crippen LogP contribution is -2.32. The number of pyridine rings is 1. The van der Waals surface area contributed by atoms with Crippen LogP contribution in [0.5, 0.6) is 5.75 Å². The van der Waals surface area contributed by atoms with Gasteiger partial charge < -0.3 is 10.1 Å². The zero-order valence-electron chi connectivity index (χ0n) is 12.4. The third-order valence-corrected chi connectivity index (χ3v) is 4.16. The Labute approximate surface area is 116 Å². The molecule has 0 spiro atoms. The van der Waals surface area contributed by atoms with Gasteiger partial charge in [-0.25, -0.2) is 0 Å². The van der Waals surface area contributed by atoms with Gasteiger partial charge in [0.1, 0.15) is 5.75 Å². The first-order chi connectivity index (χ1) is 9.26. The number of rotatable bonds is 6. The van der Waals surface area contributed by atoms with E-state index < -0.39 is 0 Å². The highest BCUT2D eigenvalue weighted by Crippen LogP contribution is 2.40. The molecule has 1 aromatic heterocycles. The van der Waals surface area contributed by atoms with Crippen LogP contribution in [-0.2, 0) is 0 Å². The number of hydrogen-bond acceptors (Lipinski definition) is 3. The van der Waals surface area contributed by atoms with Crippen molar-refractivity contribution in [1.29, 1.82) is 0 Å². The van der Waals surface area contributed by atoms with Gasteiger partial charge in [-0.3, -0.25) is 4.98 Å². The van der Waals surface area contributed by atoms with E-state index in [9.17, 15) is 0 Å². The van der Waals surface area contributed by atoms with Gasteiger partial charge in [0.2, 0.25) is 0 Å². The molecule has 1 saturated carbocycles. The van der Waals surface area contributed by atoms with Crippen LogP contribution in [0.3, 0.4) is 0 Å². The fourth-order valence-electron chi connectivity index (χ4n) is 3.12. The van der Waals surface area contributed by atoms with Crippen molar-refractivity contribution in [2.24, 2.45) is 5.92 Å². The molecule has 3 nitrogen and oxygen atoms in total. The first-order valence-electron chi connectivity index (χ1n) is 7.57. The highest BCUT2D eigenvalue weighted by Gasteiger charge is 2.33. The van der Waals surface area contributed by atoms with E-state index >= 15 is 0 Å². The summed E-state index contributed by atoms with van der Waals surface area (Å²) in [5.74, 6) is 2.20. The van der Waals surface area contributed by atoms with Crippen LogP contribution in [0.15, 0.2) is 18.5 Å². The summed E-state index contributed by atoms with van der Waals surface area (Å²) in [6.45, 7) is 8.48. The van der Waals surface area contributed by atoms with Crippen molar-refractivity contribution in [3.63, 3.8) is 0 Å². The molecule has 3 heteroatoms. The number of hydrogen-bond donors (Lipinski definition) is 1. The van der Waals surface area contributed by atoms with Crippen LogP contribution in [0.1, 0.15) is 51.5 Å². The van der Waals surface area contributed by atoms with Gasteiger partial charge in [0.25, 0.3) is 0 Å². The average molecular weight is 262 g/mol. The number of nitrogens with zero attached hydrogens (tertiary/aromatic N) is 1. The van der Waals surface area contributed by atoms with E-state index in [0.29, 0.717) is 17.9 Å². The molecule has 3 atom stereocenters. The van der Waals surface area contributed by atoms with Gasteiger partial charge in [0.05, 0.1) is 12.8 Å². The summed E-state index contributed by atoms with van der Waals surface area (Å²) in [5.41, 5.74) is 1.33. The fourth-order valence-corrected chi connectivity index (χ4v) is 3.12. The minimum absolute atomic E-state index is 0.613. The molecule has 1 heterocycles. The second-order valence-corrected chi connectivity index (χ2v) is 5.51. The van der Waals surface area contributed by atoms with Gasteiger partial charge in [-0.1, -0.05) is 20.8 Å².